The van der Waals surface area contributed by atoms with Gasteiger partial charge in [-0.05, 0) is 55.3 Å². The van der Waals surface area contributed by atoms with Crippen molar-refractivity contribution in [3.8, 4) is 5.75 Å². The van der Waals surface area contributed by atoms with Crippen LogP contribution in [0.5, 0.6) is 5.75 Å². The minimum atomic E-state index is -3.62. The smallest absolute Gasteiger partial charge is 0.248 e. The molecule has 0 atom stereocenters. The molecule has 2 N–H and O–H groups in total. The maximum Gasteiger partial charge on any atom is 0.248 e. The van der Waals surface area contributed by atoms with Crippen molar-refractivity contribution in [1.29, 1.82) is 0 Å². The lowest BCUT2D eigenvalue weighted by atomic mass is 10.1. The number of ether oxygens (including phenoxy) is 1. The molecule has 3 aliphatic heterocycles. The Morgan fingerprint density at radius 2 is 1.73 bits per heavy atom. The summed E-state index contributed by atoms with van der Waals surface area (Å²) in [7, 11) is 0.289. The molecule has 0 saturated carbocycles. The van der Waals surface area contributed by atoms with E-state index in [-0.39, 0.29) is 5.91 Å². The first kappa shape index (κ1) is 29.7. The minimum Gasteiger partial charge on any atom is -0.494 e. The molecule has 0 unspecified atom stereocenters. The number of anilines is 1. The van der Waals surface area contributed by atoms with Gasteiger partial charge in [0.2, 0.25) is 15.9 Å². The number of amides is 1. The van der Waals surface area contributed by atoms with Gasteiger partial charge in [0.15, 0.2) is 0 Å². The Hall–Kier alpha value is -4.41. The molecule has 228 valence electrons. The van der Waals surface area contributed by atoms with Crippen molar-refractivity contribution >= 4 is 38.2 Å². The zero-order chi connectivity index (χ0) is 30.7. The van der Waals surface area contributed by atoms with Crippen LogP contribution in [-0.2, 0) is 14.8 Å². The monoisotopic (exact) mass is 611 g/mol. The molecule has 0 radical (unpaired) electrons. The van der Waals surface area contributed by atoms with Gasteiger partial charge in [-0.15, -0.1) is 0 Å². The zero-order valence-corrected chi connectivity index (χ0v) is 25.9. The van der Waals surface area contributed by atoms with E-state index in [9.17, 15) is 13.2 Å². The number of sulfonamides is 1. The van der Waals surface area contributed by atoms with E-state index in [0.717, 1.165) is 89.2 Å². The number of carbonyl (C=O) groups excluding carboxylic acids is 1. The van der Waals surface area contributed by atoms with Gasteiger partial charge in [-0.3, -0.25) is 4.79 Å². The Morgan fingerprint density at radius 3 is 2.55 bits per heavy atom. The Labute approximate surface area is 258 Å². The minimum absolute atomic E-state index is 0.104. The van der Waals surface area contributed by atoms with E-state index in [2.05, 4.69) is 14.9 Å². The van der Waals surface area contributed by atoms with Crippen molar-refractivity contribution in [3.63, 3.8) is 0 Å². The SMILES string of the molecule is CN(C)c1cccc2c(S(=O)(=O)NCCCCCCOc3ccc(C4=NC=C5C=CC(=O)NC6=C5N4CC6)cc3)cccc12. The summed E-state index contributed by atoms with van der Waals surface area (Å²) in [6, 6.07) is 19.1. The second-order valence-corrected chi connectivity index (χ2v) is 13.0. The van der Waals surface area contributed by atoms with E-state index in [1.807, 2.05) is 79.8 Å². The summed E-state index contributed by atoms with van der Waals surface area (Å²) in [5.41, 5.74) is 4.89. The van der Waals surface area contributed by atoms with E-state index in [1.54, 1.807) is 18.2 Å². The molecule has 3 aliphatic rings. The summed E-state index contributed by atoms with van der Waals surface area (Å²) in [4.78, 5) is 21.1. The van der Waals surface area contributed by atoms with Gasteiger partial charge in [-0.1, -0.05) is 37.1 Å². The normalized spacial score (nSPS) is 16.0. The number of amidine groups is 1. The van der Waals surface area contributed by atoms with Crippen LogP contribution in [0.15, 0.2) is 106 Å². The third-order valence-corrected chi connectivity index (χ3v) is 9.58. The summed E-state index contributed by atoms with van der Waals surface area (Å²) >= 11 is 0. The fourth-order valence-electron chi connectivity index (χ4n) is 5.89. The first-order valence-corrected chi connectivity index (χ1v) is 16.5. The van der Waals surface area contributed by atoms with Crippen LogP contribution in [0.25, 0.3) is 10.8 Å². The first-order valence-electron chi connectivity index (χ1n) is 15.0. The third kappa shape index (κ3) is 6.13. The number of benzene rings is 3. The Balaban J connectivity index is 0.945. The summed E-state index contributed by atoms with van der Waals surface area (Å²) in [6.07, 6.45) is 9.46. The lowest BCUT2D eigenvalue weighted by Gasteiger charge is -2.27. The topological polar surface area (TPSA) is 103 Å². The molecule has 0 fully saturated rings. The average Bonchev–Trinajstić information content (AvgIpc) is 3.36. The number of hydrogen-bond acceptors (Lipinski definition) is 7. The fraction of sp³-hybridized carbons (Fsp3) is 0.294. The maximum atomic E-state index is 13.1. The number of rotatable bonds is 12. The van der Waals surface area contributed by atoms with E-state index in [4.69, 9.17) is 9.73 Å². The van der Waals surface area contributed by atoms with Crippen LogP contribution in [0.4, 0.5) is 5.69 Å². The van der Waals surface area contributed by atoms with Crippen molar-refractivity contribution in [1.82, 2.24) is 14.9 Å². The van der Waals surface area contributed by atoms with Gasteiger partial charge in [0.1, 0.15) is 11.6 Å². The number of nitrogens with one attached hydrogen (secondary N) is 2. The number of nitrogens with zero attached hydrogens (tertiary/aromatic N) is 3. The van der Waals surface area contributed by atoms with Crippen LogP contribution in [0, 0.1) is 0 Å². The van der Waals surface area contributed by atoms with Gasteiger partial charge >= 0.3 is 0 Å². The van der Waals surface area contributed by atoms with Crippen LogP contribution in [0.2, 0.25) is 0 Å². The van der Waals surface area contributed by atoms with Gasteiger partial charge in [0.05, 0.1) is 17.2 Å². The second-order valence-electron chi connectivity index (χ2n) is 11.3. The van der Waals surface area contributed by atoms with Crippen molar-refractivity contribution in [2.75, 3.05) is 38.7 Å². The Kier molecular flexibility index (Phi) is 8.54. The molecule has 3 heterocycles. The maximum absolute atomic E-state index is 13.1. The average molecular weight is 612 g/mol. The standard InChI is InChI=1S/C34H37N5O4S/c1-38(2)30-11-7-10-28-27(30)9-8-12-31(28)44(41,42)36-20-5-3-4-6-22-43-26-16-13-24(14-17-26)34-35-23-25-15-18-32(40)37-29-19-21-39(34)33(25)29/h7-18,23,36H,3-6,19-22H2,1-2H3,(H,37,40). The molecule has 3 aromatic rings. The fourth-order valence-corrected chi connectivity index (χ4v) is 7.19. The lowest BCUT2D eigenvalue weighted by Crippen LogP contribution is -2.31. The predicted molar refractivity (Wildman–Crippen MR) is 174 cm³/mol. The number of hydrogen-bond donors (Lipinski definition) is 2. The molecule has 6 rings (SSSR count). The lowest BCUT2D eigenvalue weighted by molar-refractivity contribution is -0.115. The molecule has 9 nitrogen and oxygen atoms in total. The zero-order valence-electron chi connectivity index (χ0n) is 25.0. The van der Waals surface area contributed by atoms with Crippen LogP contribution in [-0.4, -0.2) is 58.9 Å². The van der Waals surface area contributed by atoms with Crippen LogP contribution in [0.1, 0.15) is 37.7 Å². The second kappa shape index (κ2) is 12.7. The number of aliphatic imine (C=N–C) groups is 1. The highest BCUT2D eigenvalue weighted by Gasteiger charge is 2.32. The van der Waals surface area contributed by atoms with Crippen LogP contribution in [0.3, 0.4) is 0 Å². The van der Waals surface area contributed by atoms with E-state index >= 15 is 0 Å². The van der Waals surface area contributed by atoms with E-state index in [1.165, 1.54) is 0 Å². The Bertz CT molecular complexity index is 1810. The molecule has 44 heavy (non-hydrogen) atoms. The molecule has 0 aromatic heterocycles. The van der Waals surface area contributed by atoms with E-state index < -0.39 is 10.0 Å². The van der Waals surface area contributed by atoms with Crippen molar-refractivity contribution in [3.05, 3.63) is 102 Å². The molecular weight excluding hydrogens is 574 g/mol. The highest BCUT2D eigenvalue weighted by molar-refractivity contribution is 7.89. The predicted octanol–water partition coefficient (Wildman–Crippen LogP) is 5.07. The molecule has 1 amide bonds. The van der Waals surface area contributed by atoms with Gasteiger partial charge in [-0.25, -0.2) is 18.1 Å². The van der Waals surface area contributed by atoms with Crippen molar-refractivity contribution in [2.45, 2.75) is 37.0 Å². The summed E-state index contributed by atoms with van der Waals surface area (Å²) < 4.78 is 34.9. The van der Waals surface area contributed by atoms with Gasteiger partial charge < -0.3 is 19.9 Å². The largest absolute Gasteiger partial charge is 0.494 e. The number of unbranched alkanes of at least 4 members (excludes halogenated alkanes) is 3. The third-order valence-electron chi connectivity index (χ3n) is 8.06. The van der Waals surface area contributed by atoms with Gasteiger partial charge in [0, 0.05) is 79.2 Å². The quantitative estimate of drug-likeness (QED) is 0.277. The van der Waals surface area contributed by atoms with Crippen molar-refractivity contribution in [2.24, 2.45) is 4.99 Å². The molecule has 0 bridgehead atoms. The van der Waals surface area contributed by atoms with Gasteiger partial charge in [-0.2, -0.15) is 0 Å². The highest BCUT2D eigenvalue weighted by Crippen LogP contribution is 2.34. The van der Waals surface area contributed by atoms with Crippen LogP contribution >= 0.6 is 0 Å². The van der Waals surface area contributed by atoms with Gasteiger partial charge in [0.25, 0.3) is 0 Å². The van der Waals surface area contributed by atoms with Crippen LogP contribution < -0.4 is 19.7 Å². The molecule has 0 saturated heterocycles. The molecule has 0 spiro atoms. The number of carbonyl (C=O) groups is 1. The first-order chi connectivity index (χ1) is 21.3. The van der Waals surface area contributed by atoms with Crippen molar-refractivity contribution < 1.29 is 17.9 Å². The molecule has 10 heteroatoms. The molecule has 3 aromatic carbocycles. The summed E-state index contributed by atoms with van der Waals surface area (Å²) in [6.45, 7) is 1.76. The summed E-state index contributed by atoms with van der Waals surface area (Å²) in [5, 5.41) is 4.63. The summed E-state index contributed by atoms with van der Waals surface area (Å²) in [5.74, 6) is 1.56. The number of allylic oxidation sites excluding steroid dienone is 1. The number of fused-ring (bicyclic) bond motifs is 1. The highest BCUT2D eigenvalue weighted by atomic mass is 32.2. The molecular formula is C34H37N5O4S. The van der Waals surface area contributed by atoms with E-state index in [0.29, 0.717) is 18.0 Å². The molecule has 0 aliphatic carbocycles. The Morgan fingerprint density at radius 1 is 0.955 bits per heavy atom.